The van der Waals surface area contributed by atoms with Crippen molar-refractivity contribution in [2.45, 2.75) is 0 Å². The summed E-state index contributed by atoms with van der Waals surface area (Å²) in [6.07, 6.45) is 0. The van der Waals surface area contributed by atoms with E-state index in [1.807, 2.05) is 0 Å². The van der Waals surface area contributed by atoms with Crippen LogP contribution in [-0.2, 0) is 0 Å². The summed E-state index contributed by atoms with van der Waals surface area (Å²) in [4.78, 5) is 0. The quantitative estimate of drug-likeness (QED) is 0.732. The molecular formula is C15H9BrF2N2O. The molecule has 2 aromatic carbocycles. The van der Waals surface area contributed by atoms with Gasteiger partial charge in [-0.25, -0.2) is 8.78 Å². The van der Waals surface area contributed by atoms with Crippen LogP contribution >= 0.6 is 15.9 Å². The first-order chi connectivity index (χ1) is 10.1. The highest BCUT2D eigenvalue weighted by molar-refractivity contribution is 9.10. The Hall–Kier alpha value is -2.21. The van der Waals surface area contributed by atoms with Gasteiger partial charge in [0.1, 0.15) is 11.6 Å². The van der Waals surface area contributed by atoms with Gasteiger partial charge in [-0.15, -0.1) is 0 Å². The maximum absolute atomic E-state index is 13.4. The van der Waals surface area contributed by atoms with Crippen molar-refractivity contribution in [3.63, 3.8) is 0 Å². The van der Waals surface area contributed by atoms with E-state index in [0.29, 0.717) is 26.9 Å². The molecule has 3 aromatic rings. The normalized spacial score (nSPS) is 10.8. The third-order valence-electron chi connectivity index (χ3n) is 3.01. The van der Waals surface area contributed by atoms with Crippen LogP contribution in [0.1, 0.15) is 0 Å². The van der Waals surface area contributed by atoms with E-state index in [9.17, 15) is 8.78 Å². The van der Waals surface area contributed by atoms with E-state index < -0.39 is 5.82 Å². The summed E-state index contributed by atoms with van der Waals surface area (Å²) >= 11 is 3.27. The van der Waals surface area contributed by atoms with Crippen molar-refractivity contribution in [1.29, 1.82) is 0 Å². The minimum Gasteiger partial charge on any atom is -0.380 e. The minimum absolute atomic E-state index is 0.145. The van der Waals surface area contributed by atoms with Crippen molar-refractivity contribution in [3.8, 4) is 22.5 Å². The van der Waals surface area contributed by atoms with Crippen LogP contribution in [0.5, 0.6) is 0 Å². The third-order valence-corrected chi connectivity index (χ3v) is 3.66. The molecule has 0 saturated heterocycles. The van der Waals surface area contributed by atoms with Gasteiger partial charge in [0.05, 0.1) is 5.56 Å². The standard InChI is InChI=1S/C15H9BrF2N2O/c16-12-7-10(18)4-5-11(12)14-13(15(19)20-21-14)8-2-1-3-9(17)6-8/h1-7H,(H2,19,20). The van der Waals surface area contributed by atoms with E-state index in [4.69, 9.17) is 10.3 Å². The summed E-state index contributed by atoms with van der Waals surface area (Å²) in [5.41, 5.74) is 7.42. The summed E-state index contributed by atoms with van der Waals surface area (Å²) in [7, 11) is 0. The predicted molar refractivity (Wildman–Crippen MR) is 79.4 cm³/mol. The van der Waals surface area contributed by atoms with Crippen molar-refractivity contribution in [3.05, 3.63) is 58.6 Å². The van der Waals surface area contributed by atoms with Crippen LogP contribution in [-0.4, -0.2) is 5.16 Å². The molecule has 0 spiro atoms. The number of aromatic nitrogens is 1. The monoisotopic (exact) mass is 350 g/mol. The highest BCUT2D eigenvalue weighted by atomic mass is 79.9. The fraction of sp³-hybridized carbons (Fsp3) is 0. The van der Waals surface area contributed by atoms with E-state index in [-0.39, 0.29) is 11.6 Å². The van der Waals surface area contributed by atoms with Gasteiger partial charge >= 0.3 is 0 Å². The molecule has 0 aliphatic carbocycles. The first-order valence-electron chi connectivity index (χ1n) is 6.03. The van der Waals surface area contributed by atoms with Gasteiger partial charge in [-0.1, -0.05) is 17.3 Å². The van der Waals surface area contributed by atoms with Crippen LogP contribution in [0.15, 0.2) is 51.5 Å². The molecule has 1 heterocycles. The summed E-state index contributed by atoms with van der Waals surface area (Å²) in [5, 5.41) is 3.73. The molecule has 2 N–H and O–H groups in total. The van der Waals surface area contributed by atoms with E-state index in [1.165, 1.54) is 24.3 Å². The lowest BCUT2D eigenvalue weighted by molar-refractivity contribution is 0.436. The highest BCUT2D eigenvalue weighted by Gasteiger charge is 2.20. The lowest BCUT2D eigenvalue weighted by Gasteiger charge is -2.05. The van der Waals surface area contributed by atoms with Crippen molar-refractivity contribution in [1.82, 2.24) is 5.16 Å². The zero-order chi connectivity index (χ0) is 15.0. The lowest BCUT2D eigenvalue weighted by Crippen LogP contribution is -1.90. The summed E-state index contributed by atoms with van der Waals surface area (Å²) in [5.74, 6) is -0.278. The van der Waals surface area contributed by atoms with E-state index in [1.54, 1.807) is 18.2 Å². The average molecular weight is 351 g/mol. The summed E-state index contributed by atoms with van der Waals surface area (Å²) in [6, 6.07) is 10.1. The molecule has 0 saturated carbocycles. The Balaban J connectivity index is 2.22. The van der Waals surface area contributed by atoms with E-state index >= 15 is 0 Å². The molecule has 1 aromatic heterocycles. The van der Waals surface area contributed by atoms with Crippen LogP contribution in [0.4, 0.5) is 14.6 Å². The maximum Gasteiger partial charge on any atom is 0.178 e. The summed E-state index contributed by atoms with van der Waals surface area (Å²) < 4.78 is 32.3. The Morgan fingerprint density at radius 3 is 2.52 bits per heavy atom. The molecular weight excluding hydrogens is 342 g/mol. The molecule has 21 heavy (non-hydrogen) atoms. The molecule has 0 amide bonds. The SMILES string of the molecule is Nc1noc(-c2ccc(F)cc2Br)c1-c1cccc(F)c1. The van der Waals surface area contributed by atoms with Gasteiger partial charge in [0.15, 0.2) is 11.6 Å². The van der Waals surface area contributed by atoms with Crippen molar-refractivity contribution >= 4 is 21.7 Å². The van der Waals surface area contributed by atoms with Gasteiger partial charge in [-0.2, -0.15) is 0 Å². The molecule has 3 rings (SSSR count). The van der Waals surface area contributed by atoms with Gasteiger partial charge < -0.3 is 10.3 Å². The molecule has 0 bridgehead atoms. The number of anilines is 1. The Kier molecular flexibility index (Phi) is 3.47. The van der Waals surface area contributed by atoms with Gasteiger partial charge in [0.25, 0.3) is 0 Å². The van der Waals surface area contributed by atoms with Crippen LogP contribution < -0.4 is 5.73 Å². The predicted octanol–water partition coefficient (Wildman–Crippen LogP) is 4.63. The zero-order valence-electron chi connectivity index (χ0n) is 10.6. The van der Waals surface area contributed by atoms with E-state index in [0.717, 1.165) is 0 Å². The van der Waals surface area contributed by atoms with Gasteiger partial charge in [-0.05, 0) is 51.8 Å². The van der Waals surface area contributed by atoms with Gasteiger partial charge in [-0.3, -0.25) is 0 Å². The maximum atomic E-state index is 13.4. The highest BCUT2D eigenvalue weighted by Crippen LogP contribution is 2.39. The second kappa shape index (κ2) is 5.29. The van der Waals surface area contributed by atoms with Crippen LogP contribution in [0.3, 0.4) is 0 Å². The molecule has 0 aliphatic heterocycles. The molecule has 0 radical (unpaired) electrons. The van der Waals surface area contributed by atoms with Crippen molar-refractivity contribution < 1.29 is 13.3 Å². The Labute approximate surface area is 127 Å². The molecule has 0 atom stereocenters. The second-order valence-electron chi connectivity index (χ2n) is 4.41. The largest absolute Gasteiger partial charge is 0.380 e. The number of nitrogens with two attached hydrogens (primary N) is 1. The first kappa shape index (κ1) is 13.8. The second-order valence-corrected chi connectivity index (χ2v) is 5.26. The number of hydrogen-bond donors (Lipinski definition) is 1. The number of nitrogens with zero attached hydrogens (tertiary/aromatic N) is 1. The average Bonchev–Trinajstić information content (AvgIpc) is 2.80. The van der Waals surface area contributed by atoms with Crippen LogP contribution in [0, 0.1) is 11.6 Å². The molecule has 6 heteroatoms. The Bertz CT molecular complexity index is 817. The topological polar surface area (TPSA) is 52.0 Å². The van der Waals surface area contributed by atoms with Crippen LogP contribution in [0.25, 0.3) is 22.5 Å². The first-order valence-corrected chi connectivity index (χ1v) is 6.82. The van der Waals surface area contributed by atoms with Crippen molar-refractivity contribution in [2.75, 3.05) is 5.73 Å². The van der Waals surface area contributed by atoms with Gasteiger partial charge in [0.2, 0.25) is 0 Å². The lowest BCUT2D eigenvalue weighted by atomic mass is 10.0. The number of benzene rings is 2. The molecule has 3 nitrogen and oxygen atoms in total. The smallest absolute Gasteiger partial charge is 0.178 e. The number of rotatable bonds is 2. The van der Waals surface area contributed by atoms with E-state index in [2.05, 4.69) is 21.1 Å². The number of halogens is 3. The van der Waals surface area contributed by atoms with Gasteiger partial charge in [0, 0.05) is 10.0 Å². The minimum atomic E-state index is -0.391. The number of nitrogen functional groups attached to an aromatic ring is 1. The molecule has 0 unspecified atom stereocenters. The third kappa shape index (κ3) is 2.54. The molecule has 0 aliphatic rings. The zero-order valence-corrected chi connectivity index (χ0v) is 12.2. The van der Waals surface area contributed by atoms with Crippen molar-refractivity contribution in [2.24, 2.45) is 0 Å². The Morgan fingerprint density at radius 2 is 1.81 bits per heavy atom. The number of hydrogen-bond acceptors (Lipinski definition) is 3. The summed E-state index contributed by atoms with van der Waals surface area (Å²) in [6.45, 7) is 0. The van der Waals surface area contributed by atoms with Crippen LogP contribution in [0.2, 0.25) is 0 Å². The molecule has 0 fully saturated rings. The fourth-order valence-corrected chi connectivity index (χ4v) is 2.61. The fourth-order valence-electron chi connectivity index (χ4n) is 2.08. The Morgan fingerprint density at radius 1 is 1.05 bits per heavy atom. The molecule has 106 valence electrons.